The highest BCUT2D eigenvalue weighted by Crippen LogP contribution is 2.30. The third-order valence-corrected chi connectivity index (χ3v) is 7.18. The summed E-state index contributed by atoms with van der Waals surface area (Å²) in [6, 6.07) is 14.7. The lowest BCUT2D eigenvalue weighted by Gasteiger charge is -2.33. The Labute approximate surface area is 182 Å². The lowest BCUT2D eigenvalue weighted by Crippen LogP contribution is -2.50. The van der Waals surface area contributed by atoms with Crippen molar-refractivity contribution in [3.05, 3.63) is 65.7 Å². The van der Waals surface area contributed by atoms with Gasteiger partial charge in [-0.3, -0.25) is 4.79 Å². The molecule has 0 saturated carbocycles. The number of hydrogen-bond acceptors (Lipinski definition) is 5. The third-order valence-electron chi connectivity index (χ3n) is 5.33. The van der Waals surface area contributed by atoms with E-state index in [0.717, 1.165) is 17.5 Å². The highest BCUT2D eigenvalue weighted by Gasteiger charge is 2.28. The first kappa shape index (κ1) is 21.4. The summed E-state index contributed by atoms with van der Waals surface area (Å²) in [5.41, 5.74) is 1.61. The van der Waals surface area contributed by atoms with Crippen molar-refractivity contribution in [1.29, 1.82) is 0 Å². The van der Waals surface area contributed by atoms with Crippen LogP contribution in [0.4, 0.5) is 0 Å². The molecule has 4 rings (SSSR count). The van der Waals surface area contributed by atoms with E-state index in [0.29, 0.717) is 50.9 Å². The van der Waals surface area contributed by atoms with E-state index in [9.17, 15) is 13.2 Å². The molecule has 1 amide bonds. The zero-order valence-electron chi connectivity index (χ0n) is 17.3. The van der Waals surface area contributed by atoms with Crippen molar-refractivity contribution in [2.75, 3.05) is 39.4 Å². The molecule has 31 heavy (non-hydrogen) atoms. The van der Waals surface area contributed by atoms with Gasteiger partial charge in [-0.15, -0.1) is 0 Å². The molecule has 2 aromatic carbocycles. The van der Waals surface area contributed by atoms with Crippen LogP contribution in [-0.2, 0) is 20.6 Å². The van der Waals surface area contributed by atoms with Crippen LogP contribution in [0.5, 0.6) is 11.5 Å². The average molecular weight is 443 g/mol. The molecule has 2 aromatic rings. The molecule has 0 aliphatic carbocycles. The van der Waals surface area contributed by atoms with E-state index < -0.39 is 10.0 Å². The van der Waals surface area contributed by atoms with Gasteiger partial charge in [-0.2, -0.15) is 4.31 Å². The van der Waals surface area contributed by atoms with Crippen LogP contribution in [0, 0.1) is 0 Å². The summed E-state index contributed by atoms with van der Waals surface area (Å²) in [5.74, 6) is 1.25. The number of sulfonamides is 1. The number of carbonyl (C=O) groups excluding carboxylic acids is 1. The Morgan fingerprint density at radius 1 is 0.935 bits per heavy atom. The van der Waals surface area contributed by atoms with Gasteiger partial charge in [0, 0.05) is 38.7 Å². The number of piperazine rings is 1. The van der Waals surface area contributed by atoms with Crippen molar-refractivity contribution in [2.45, 2.75) is 12.2 Å². The maximum absolute atomic E-state index is 12.7. The van der Waals surface area contributed by atoms with Crippen molar-refractivity contribution in [3.63, 3.8) is 0 Å². The zero-order valence-corrected chi connectivity index (χ0v) is 18.1. The molecule has 2 heterocycles. The van der Waals surface area contributed by atoms with Crippen LogP contribution in [0.2, 0.25) is 0 Å². The maximum atomic E-state index is 12.7. The Morgan fingerprint density at radius 3 is 2.39 bits per heavy atom. The van der Waals surface area contributed by atoms with E-state index in [1.807, 2.05) is 48.5 Å². The lowest BCUT2D eigenvalue weighted by atomic mass is 10.2. The smallest absolute Gasteiger partial charge is 0.246 e. The molecule has 164 valence electrons. The minimum absolute atomic E-state index is 0.0220. The summed E-state index contributed by atoms with van der Waals surface area (Å²) in [4.78, 5) is 14.3. The van der Waals surface area contributed by atoms with E-state index in [4.69, 9.17) is 9.47 Å². The van der Waals surface area contributed by atoms with E-state index in [1.165, 1.54) is 10.4 Å². The fraction of sp³-hybridized carbons (Fsp3) is 0.348. The van der Waals surface area contributed by atoms with Crippen LogP contribution in [0.25, 0.3) is 6.08 Å². The van der Waals surface area contributed by atoms with Gasteiger partial charge in [0.1, 0.15) is 0 Å². The van der Waals surface area contributed by atoms with Gasteiger partial charge in [-0.05, 0) is 29.3 Å². The number of fused-ring (bicyclic) bond motifs is 1. The number of ether oxygens (including phenoxy) is 2. The molecule has 0 N–H and O–H groups in total. The first-order valence-electron chi connectivity index (χ1n) is 10.4. The van der Waals surface area contributed by atoms with E-state index in [2.05, 4.69) is 0 Å². The number of rotatable bonds is 5. The van der Waals surface area contributed by atoms with Crippen LogP contribution in [0.15, 0.2) is 54.6 Å². The topological polar surface area (TPSA) is 76.2 Å². The molecule has 8 heteroatoms. The summed E-state index contributed by atoms with van der Waals surface area (Å²) < 4.78 is 38.1. The molecule has 1 fully saturated rings. The molecule has 0 atom stereocenters. The van der Waals surface area contributed by atoms with Crippen molar-refractivity contribution in [1.82, 2.24) is 9.21 Å². The highest BCUT2D eigenvalue weighted by atomic mass is 32.2. The van der Waals surface area contributed by atoms with Crippen LogP contribution < -0.4 is 9.47 Å². The summed E-state index contributed by atoms with van der Waals surface area (Å²) >= 11 is 0. The number of amides is 1. The van der Waals surface area contributed by atoms with Gasteiger partial charge in [-0.25, -0.2) is 8.42 Å². The minimum atomic E-state index is -3.40. The van der Waals surface area contributed by atoms with Crippen LogP contribution >= 0.6 is 0 Å². The molecule has 0 spiro atoms. The van der Waals surface area contributed by atoms with Gasteiger partial charge in [0.2, 0.25) is 15.9 Å². The summed E-state index contributed by atoms with van der Waals surface area (Å²) in [7, 11) is -3.40. The first-order valence-corrected chi connectivity index (χ1v) is 12.0. The third kappa shape index (κ3) is 5.45. The van der Waals surface area contributed by atoms with Gasteiger partial charge in [-0.1, -0.05) is 36.4 Å². The van der Waals surface area contributed by atoms with Gasteiger partial charge >= 0.3 is 0 Å². The Bertz CT molecular complexity index is 1040. The van der Waals surface area contributed by atoms with Crippen molar-refractivity contribution in [2.24, 2.45) is 0 Å². The van der Waals surface area contributed by atoms with Crippen molar-refractivity contribution in [3.8, 4) is 11.5 Å². The van der Waals surface area contributed by atoms with Gasteiger partial charge in [0.25, 0.3) is 0 Å². The van der Waals surface area contributed by atoms with Crippen LogP contribution in [0.3, 0.4) is 0 Å². The predicted molar refractivity (Wildman–Crippen MR) is 118 cm³/mol. The molecular formula is C23H26N2O5S. The Kier molecular flexibility index (Phi) is 6.58. The number of nitrogens with zero attached hydrogens (tertiary/aromatic N) is 2. The van der Waals surface area contributed by atoms with Gasteiger partial charge in [0.05, 0.1) is 19.0 Å². The molecule has 2 aliphatic rings. The molecule has 1 saturated heterocycles. The number of hydrogen-bond donors (Lipinski definition) is 0. The van der Waals surface area contributed by atoms with Crippen LogP contribution in [-0.4, -0.2) is 62.9 Å². The largest absolute Gasteiger partial charge is 0.490 e. The Hall–Kier alpha value is -2.84. The van der Waals surface area contributed by atoms with Crippen LogP contribution in [0.1, 0.15) is 17.5 Å². The highest BCUT2D eigenvalue weighted by molar-refractivity contribution is 7.88. The molecule has 0 radical (unpaired) electrons. The quantitative estimate of drug-likeness (QED) is 0.665. The number of carbonyl (C=O) groups is 1. The summed E-state index contributed by atoms with van der Waals surface area (Å²) in [5, 5.41) is 0. The normalized spacial score (nSPS) is 17.5. The fourth-order valence-corrected chi connectivity index (χ4v) is 5.14. The Morgan fingerprint density at radius 2 is 1.65 bits per heavy atom. The zero-order chi connectivity index (χ0) is 21.7. The van der Waals surface area contributed by atoms with E-state index >= 15 is 0 Å². The van der Waals surface area contributed by atoms with Crippen molar-refractivity contribution < 1.29 is 22.7 Å². The van der Waals surface area contributed by atoms with E-state index in [-0.39, 0.29) is 11.7 Å². The minimum Gasteiger partial charge on any atom is -0.490 e. The second-order valence-corrected chi connectivity index (χ2v) is 9.53. The molecule has 7 nitrogen and oxygen atoms in total. The summed E-state index contributed by atoms with van der Waals surface area (Å²) in [6.07, 6.45) is 4.11. The molecule has 0 bridgehead atoms. The predicted octanol–water partition coefficient (Wildman–Crippen LogP) is 2.54. The fourth-order valence-electron chi connectivity index (χ4n) is 3.62. The Balaban J connectivity index is 1.32. The molecule has 0 unspecified atom stereocenters. The van der Waals surface area contributed by atoms with Crippen molar-refractivity contribution >= 4 is 22.0 Å². The molecule has 2 aliphatic heterocycles. The average Bonchev–Trinajstić information content (AvgIpc) is 3.03. The second-order valence-electron chi connectivity index (χ2n) is 7.56. The maximum Gasteiger partial charge on any atom is 0.246 e. The SMILES string of the molecule is O=C(C=Cc1ccc2c(c1)OCCCO2)N1CCN(S(=O)(=O)Cc2ccccc2)CC1. The lowest BCUT2D eigenvalue weighted by molar-refractivity contribution is -0.127. The first-order chi connectivity index (χ1) is 15.0. The monoisotopic (exact) mass is 442 g/mol. The van der Waals surface area contributed by atoms with Gasteiger partial charge in [0.15, 0.2) is 11.5 Å². The number of benzene rings is 2. The van der Waals surface area contributed by atoms with E-state index in [1.54, 1.807) is 11.0 Å². The molecule has 0 aromatic heterocycles. The summed E-state index contributed by atoms with van der Waals surface area (Å²) in [6.45, 7) is 2.60. The standard InChI is InChI=1S/C23H26N2O5S/c26-23(10-8-19-7-9-21-22(17-19)30-16-4-15-29-21)24-11-13-25(14-12-24)31(27,28)18-20-5-2-1-3-6-20/h1-3,5-10,17H,4,11-16,18H2. The second kappa shape index (κ2) is 9.53. The van der Waals surface area contributed by atoms with Gasteiger partial charge < -0.3 is 14.4 Å². The molecular weight excluding hydrogens is 416 g/mol.